The molecule has 0 unspecified atom stereocenters. The summed E-state index contributed by atoms with van der Waals surface area (Å²) < 4.78 is 0. The van der Waals surface area contributed by atoms with Crippen molar-refractivity contribution in [3.8, 4) is 0 Å². The first-order valence-electron chi connectivity index (χ1n) is 0.775. The zero-order chi connectivity index (χ0) is 3.58. The maximum Gasteiger partial charge on any atom is 1.00 e. The SMILES string of the molecule is O.OB(O)O.[H-].[Na+]. The quantitative estimate of drug-likeness (QED) is 0.267. The minimum atomic E-state index is -2.17. The standard InChI is InChI=1S/BH3O3.Na.H2O.H/c2-1(3)4;;;/h2-4H;;1H2;/q;+1;;-1. The summed E-state index contributed by atoms with van der Waals surface area (Å²) in [5.74, 6) is 0. The third kappa shape index (κ3) is 91.3. The average molecular weight is 104 g/mol. The second kappa shape index (κ2) is 9.32. The molecular weight excluding hydrogens is 97.8 g/mol. The first kappa shape index (κ1) is 15.8. The van der Waals surface area contributed by atoms with Crippen molar-refractivity contribution >= 4 is 7.32 Å². The Morgan fingerprint density at radius 3 is 1.17 bits per heavy atom. The van der Waals surface area contributed by atoms with Gasteiger partial charge in [0.15, 0.2) is 0 Å². The Kier molecular flexibility index (Phi) is 24.5. The van der Waals surface area contributed by atoms with Crippen LogP contribution in [0.1, 0.15) is 1.43 Å². The zero-order valence-corrected chi connectivity index (χ0v) is 5.42. The van der Waals surface area contributed by atoms with Crippen LogP contribution < -0.4 is 29.6 Å². The molecule has 0 aliphatic carbocycles. The Hall–Kier alpha value is 0.905. The van der Waals surface area contributed by atoms with Gasteiger partial charge in [0.1, 0.15) is 0 Å². The molecule has 0 fully saturated rings. The number of rotatable bonds is 0. The van der Waals surface area contributed by atoms with Crippen LogP contribution in [0.4, 0.5) is 0 Å². The molecule has 5 N–H and O–H groups in total. The van der Waals surface area contributed by atoms with E-state index in [0.29, 0.717) is 0 Å². The van der Waals surface area contributed by atoms with Gasteiger partial charge in [-0.1, -0.05) is 0 Å². The van der Waals surface area contributed by atoms with Crippen LogP contribution in [-0.2, 0) is 0 Å². The van der Waals surface area contributed by atoms with Crippen molar-refractivity contribution in [1.82, 2.24) is 0 Å². The topological polar surface area (TPSA) is 92.2 Å². The maximum atomic E-state index is 7.17. The van der Waals surface area contributed by atoms with Gasteiger partial charge >= 0.3 is 36.9 Å². The van der Waals surface area contributed by atoms with Crippen LogP contribution in [0, 0.1) is 0 Å². The molecule has 0 heterocycles. The van der Waals surface area contributed by atoms with Crippen molar-refractivity contribution in [3.05, 3.63) is 0 Å². The molecule has 0 aliphatic rings. The predicted molar refractivity (Wildman–Crippen MR) is 17.1 cm³/mol. The molecule has 6 heteroatoms. The summed E-state index contributed by atoms with van der Waals surface area (Å²) in [7, 11) is -2.17. The summed E-state index contributed by atoms with van der Waals surface area (Å²) in [6.07, 6.45) is 0. The minimum Gasteiger partial charge on any atom is -1.00 e. The molecule has 0 atom stereocenters. The largest absolute Gasteiger partial charge is 1.00 e. The van der Waals surface area contributed by atoms with E-state index in [-0.39, 0.29) is 36.5 Å². The molecule has 34 valence electrons. The van der Waals surface area contributed by atoms with Crippen molar-refractivity contribution in [2.24, 2.45) is 0 Å². The van der Waals surface area contributed by atoms with Crippen molar-refractivity contribution in [3.63, 3.8) is 0 Å². The molecule has 6 heavy (non-hydrogen) atoms. The van der Waals surface area contributed by atoms with E-state index in [2.05, 4.69) is 0 Å². The molecule has 0 aromatic carbocycles. The Morgan fingerprint density at radius 1 is 1.17 bits per heavy atom. The second-order valence-electron chi connectivity index (χ2n) is 0.346. The van der Waals surface area contributed by atoms with Gasteiger partial charge in [-0.15, -0.1) is 0 Å². The van der Waals surface area contributed by atoms with Crippen LogP contribution in [0.5, 0.6) is 0 Å². The predicted octanol–water partition coefficient (Wildman–Crippen LogP) is -5.76. The first-order chi connectivity index (χ1) is 1.73. The monoisotopic (exact) mass is 104 g/mol. The molecule has 0 aliphatic heterocycles. The van der Waals surface area contributed by atoms with Crippen LogP contribution in [0.15, 0.2) is 0 Å². The van der Waals surface area contributed by atoms with Crippen molar-refractivity contribution in [1.29, 1.82) is 0 Å². The molecular formula is H6BNaO4. The molecule has 0 rings (SSSR count). The number of hydrogen-bond donors (Lipinski definition) is 3. The normalized spacial score (nSPS) is 4.50. The number of hydrogen-bond acceptors (Lipinski definition) is 3. The van der Waals surface area contributed by atoms with Gasteiger partial charge in [-0.25, -0.2) is 0 Å². The zero-order valence-electron chi connectivity index (χ0n) is 4.42. The van der Waals surface area contributed by atoms with E-state index in [4.69, 9.17) is 15.1 Å². The molecule has 0 saturated heterocycles. The van der Waals surface area contributed by atoms with Gasteiger partial charge in [0.25, 0.3) is 0 Å². The summed E-state index contributed by atoms with van der Waals surface area (Å²) >= 11 is 0. The smallest absolute Gasteiger partial charge is 1.00 e. The van der Waals surface area contributed by atoms with Gasteiger partial charge in [-0.05, 0) is 0 Å². The first-order valence-corrected chi connectivity index (χ1v) is 0.775. The van der Waals surface area contributed by atoms with E-state index in [9.17, 15) is 0 Å². The summed E-state index contributed by atoms with van der Waals surface area (Å²) in [6, 6.07) is 0. The van der Waals surface area contributed by atoms with E-state index < -0.39 is 7.32 Å². The fourth-order valence-electron chi connectivity index (χ4n) is 0. The molecule has 0 amide bonds. The van der Waals surface area contributed by atoms with E-state index in [0.717, 1.165) is 0 Å². The van der Waals surface area contributed by atoms with Gasteiger partial charge in [0.2, 0.25) is 0 Å². The van der Waals surface area contributed by atoms with E-state index in [1.807, 2.05) is 0 Å². The van der Waals surface area contributed by atoms with E-state index >= 15 is 0 Å². The van der Waals surface area contributed by atoms with E-state index in [1.54, 1.807) is 0 Å². The van der Waals surface area contributed by atoms with Gasteiger partial charge in [0.05, 0.1) is 0 Å². The van der Waals surface area contributed by atoms with Crippen molar-refractivity contribution in [2.75, 3.05) is 0 Å². The Labute approximate surface area is 59.1 Å². The molecule has 0 spiro atoms. The molecule has 0 aromatic rings. The second-order valence-corrected chi connectivity index (χ2v) is 0.346. The van der Waals surface area contributed by atoms with E-state index in [1.165, 1.54) is 0 Å². The minimum absolute atomic E-state index is 0. The molecule has 0 aromatic heterocycles. The van der Waals surface area contributed by atoms with Gasteiger partial charge < -0.3 is 22.0 Å². The van der Waals surface area contributed by atoms with Crippen LogP contribution in [-0.4, -0.2) is 27.9 Å². The summed E-state index contributed by atoms with van der Waals surface area (Å²) in [5, 5.41) is 21.5. The third-order valence-corrected chi connectivity index (χ3v) is 0. The van der Waals surface area contributed by atoms with Crippen LogP contribution >= 0.6 is 0 Å². The van der Waals surface area contributed by atoms with Crippen molar-refractivity contribution in [2.45, 2.75) is 0 Å². The summed E-state index contributed by atoms with van der Waals surface area (Å²) in [4.78, 5) is 0. The molecule has 0 radical (unpaired) electrons. The average Bonchev–Trinajstić information content (AvgIpc) is 0.811. The third-order valence-electron chi connectivity index (χ3n) is 0. The van der Waals surface area contributed by atoms with Crippen LogP contribution in [0.2, 0.25) is 0 Å². The Morgan fingerprint density at radius 2 is 1.17 bits per heavy atom. The molecule has 0 saturated carbocycles. The Bertz CT molecular complexity index is 16.4. The Balaban J connectivity index is -0.0000000150. The summed E-state index contributed by atoms with van der Waals surface area (Å²) in [5.41, 5.74) is 0. The van der Waals surface area contributed by atoms with Crippen LogP contribution in [0.25, 0.3) is 0 Å². The fourth-order valence-corrected chi connectivity index (χ4v) is 0. The summed E-state index contributed by atoms with van der Waals surface area (Å²) in [6.45, 7) is 0. The van der Waals surface area contributed by atoms with Gasteiger partial charge in [-0.2, -0.15) is 0 Å². The maximum absolute atomic E-state index is 7.17. The van der Waals surface area contributed by atoms with Gasteiger partial charge in [-0.3, -0.25) is 0 Å². The fraction of sp³-hybridized carbons (Fsp3) is 0. The molecule has 0 bridgehead atoms. The van der Waals surface area contributed by atoms with Crippen LogP contribution in [0.3, 0.4) is 0 Å². The molecule has 4 nitrogen and oxygen atoms in total. The van der Waals surface area contributed by atoms with Crippen molar-refractivity contribution < 1.29 is 51.5 Å². The van der Waals surface area contributed by atoms with Gasteiger partial charge in [0, 0.05) is 0 Å².